The van der Waals surface area contributed by atoms with E-state index in [1.54, 1.807) is 0 Å². The van der Waals surface area contributed by atoms with E-state index < -0.39 is 12.0 Å². The summed E-state index contributed by atoms with van der Waals surface area (Å²) in [6.45, 7) is 0.0797. The molecular weight excluding hydrogens is 387 g/mol. The molecule has 0 saturated carbocycles. The van der Waals surface area contributed by atoms with Crippen molar-refractivity contribution in [1.29, 1.82) is 0 Å². The highest BCUT2D eigenvalue weighted by atomic mass is 127. The highest BCUT2D eigenvalue weighted by molar-refractivity contribution is 14.1. The predicted octanol–water partition coefficient (Wildman–Crippen LogP) is 1.46. The topological polar surface area (TPSA) is 102 Å². The maximum Gasteiger partial charge on any atom is 0.320 e. The van der Waals surface area contributed by atoms with Gasteiger partial charge in [0.15, 0.2) is 0 Å². The number of benzene rings is 1. The molecule has 1 amide bonds. The quantitative estimate of drug-likeness (QED) is 0.328. The number of aryl methyl sites for hydroxylation is 1. The first kappa shape index (κ1) is 17.9. The van der Waals surface area contributed by atoms with Gasteiger partial charge in [0, 0.05) is 9.99 Å². The Morgan fingerprint density at radius 3 is 2.62 bits per heavy atom. The molecule has 1 aromatic rings. The van der Waals surface area contributed by atoms with E-state index in [1.807, 2.05) is 24.3 Å². The lowest BCUT2D eigenvalue weighted by Crippen LogP contribution is -2.33. The second kappa shape index (κ2) is 9.69. The van der Waals surface area contributed by atoms with Crippen LogP contribution in [0, 0.1) is 3.57 Å². The molecule has 0 aliphatic heterocycles. The summed E-state index contributed by atoms with van der Waals surface area (Å²) in [7, 11) is 0. The molecule has 0 saturated heterocycles. The van der Waals surface area contributed by atoms with Crippen molar-refractivity contribution in [1.82, 2.24) is 5.48 Å². The number of hydrogen-bond acceptors (Lipinski definition) is 4. The van der Waals surface area contributed by atoms with Crippen LogP contribution in [0.4, 0.5) is 0 Å². The van der Waals surface area contributed by atoms with E-state index >= 15 is 0 Å². The van der Waals surface area contributed by atoms with Crippen molar-refractivity contribution in [3.05, 3.63) is 33.4 Å². The van der Waals surface area contributed by atoms with Gasteiger partial charge in [0.2, 0.25) is 5.91 Å². The number of halogens is 1. The number of nitrogens with one attached hydrogen (secondary N) is 1. The number of amides is 1. The molecule has 1 rings (SSSR count). The largest absolute Gasteiger partial charge is 0.480 e. The maximum absolute atomic E-state index is 11.5. The average molecular weight is 406 g/mol. The Balaban J connectivity index is 2.09. The van der Waals surface area contributed by atoms with Crippen LogP contribution in [0.15, 0.2) is 24.3 Å². The van der Waals surface area contributed by atoms with E-state index in [2.05, 4.69) is 28.1 Å². The normalized spacial score (nSPS) is 11.9. The molecule has 0 spiro atoms. The van der Waals surface area contributed by atoms with Gasteiger partial charge in [-0.05, 0) is 59.5 Å². The van der Waals surface area contributed by atoms with Crippen LogP contribution in [0.1, 0.15) is 24.8 Å². The third-order valence-corrected chi connectivity index (χ3v) is 3.54. The molecule has 1 atom stereocenters. The second-order valence-electron chi connectivity index (χ2n) is 4.59. The van der Waals surface area contributed by atoms with Gasteiger partial charge in [0.25, 0.3) is 0 Å². The fourth-order valence-corrected chi connectivity index (χ4v) is 1.96. The number of hydrogen-bond donors (Lipinski definition) is 3. The molecule has 1 aromatic carbocycles. The summed E-state index contributed by atoms with van der Waals surface area (Å²) >= 11 is 2.25. The standard InChI is InChI=1S/C14H19IN2O4/c15-11-6-4-10(5-7-11)2-1-3-13(18)17-21-9-8-12(16)14(19)20/h4-7,12H,1-3,8-9,16H2,(H,17,18)(H,19,20). The molecule has 0 bridgehead atoms. The zero-order valence-electron chi connectivity index (χ0n) is 11.5. The molecule has 6 nitrogen and oxygen atoms in total. The van der Waals surface area contributed by atoms with E-state index in [-0.39, 0.29) is 18.9 Å². The third-order valence-electron chi connectivity index (χ3n) is 2.82. The number of rotatable bonds is 9. The highest BCUT2D eigenvalue weighted by Gasteiger charge is 2.11. The number of carboxylic acid groups (broad SMARTS) is 1. The smallest absolute Gasteiger partial charge is 0.320 e. The first-order valence-corrected chi connectivity index (χ1v) is 7.70. The van der Waals surface area contributed by atoms with Crippen molar-refractivity contribution < 1.29 is 19.5 Å². The van der Waals surface area contributed by atoms with Crippen LogP contribution in [0.2, 0.25) is 0 Å². The molecule has 0 radical (unpaired) electrons. The lowest BCUT2D eigenvalue weighted by Gasteiger charge is -2.08. The molecule has 21 heavy (non-hydrogen) atoms. The van der Waals surface area contributed by atoms with Gasteiger partial charge in [0.1, 0.15) is 6.04 Å². The molecule has 7 heteroatoms. The Labute approximate surface area is 137 Å². The number of carboxylic acids is 1. The SMILES string of the molecule is NC(CCONC(=O)CCCc1ccc(I)cc1)C(=O)O. The van der Waals surface area contributed by atoms with Crippen LogP contribution in [-0.4, -0.2) is 29.6 Å². The van der Waals surface area contributed by atoms with Crippen LogP contribution in [0.5, 0.6) is 0 Å². The summed E-state index contributed by atoms with van der Waals surface area (Å²) in [5.41, 5.74) is 8.77. The zero-order valence-corrected chi connectivity index (χ0v) is 13.7. The molecule has 116 valence electrons. The first-order valence-electron chi connectivity index (χ1n) is 6.62. The Morgan fingerprint density at radius 2 is 2.00 bits per heavy atom. The van der Waals surface area contributed by atoms with E-state index in [0.29, 0.717) is 6.42 Å². The first-order chi connectivity index (χ1) is 9.99. The summed E-state index contributed by atoms with van der Waals surface area (Å²) in [6.07, 6.45) is 2.06. The predicted molar refractivity (Wildman–Crippen MR) is 86.4 cm³/mol. The minimum absolute atomic E-state index is 0.0797. The van der Waals surface area contributed by atoms with Gasteiger partial charge in [0.05, 0.1) is 6.61 Å². The number of aliphatic carboxylic acids is 1. The summed E-state index contributed by atoms with van der Waals surface area (Å²) in [6, 6.07) is 7.19. The molecule has 0 aliphatic rings. The summed E-state index contributed by atoms with van der Waals surface area (Å²) in [4.78, 5) is 26.8. The fraction of sp³-hybridized carbons (Fsp3) is 0.429. The number of carbonyl (C=O) groups excluding carboxylic acids is 1. The average Bonchev–Trinajstić information content (AvgIpc) is 2.45. The van der Waals surface area contributed by atoms with Crippen LogP contribution < -0.4 is 11.2 Å². The second-order valence-corrected chi connectivity index (χ2v) is 5.83. The summed E-state index contributed by atoms with van der Waals surface area (Å²) in [5, 5.41) is 8.56. The van der Waals surface area contributed by atoms with Crippen LogP contribution in [0.3, 0.4) is 0 Å². The molecule has 0 heterocycles. The molecule has 0 aliphatic carbocycles. The fourth-order valence-electron chi connectivity index (χ4n) is 1.60. The zero-order chi connectivity index (χ0) is 15.7. The monoisotopic (exact) mass is 406 g/mol. The van der Waals surface area contributed by atoms with Gasteiger partial charge >= 0.3 is 5.97 Å². The van der Waals surface area contributed by atoms with Crippen molar-refractivity contribution in [3.8, 4) is 0 Å². The number of hydroxylamine groups is 1. The van der Waals surface area contributed by atoms with Crippen LogP contribution in [0.25, 0.3) is 0 Å². The van der Waals surface area contributed by atoms with Gasteiger partial charge in [-0.1, -0.05) is 12.1 Å². The van der Waals surface area contributed by atoms with Crippen molar-refractivity contribution in [2.75, 3.05) is 6.61 Å². The van der Waals surface area contributed by atoms with Crippen molar-refractivity contribution >= 4 is 34.5 Å². The molecule has 4 N–H and O–H groups in total. The molecule has 0 fully saturated rings. The van der Waals surface area contributed by atoms with E-state index in [0.717, 1.165) is 12.8 Å². The van der Waals surface area contributed by atoms with Crippen molar-refractivity contribution in [2.24, 2.45) is 5.73 Å². The van der Waals surface area contributed by atoms with Crippen LogP contribution in [-0.2, 0) is 20.8 Å². The van der Waals surface area contributed by atoms with Gasteiger partial charge in [-0.3, -0.25) is 14.4 Å². The van der Waals surface area contributed by atoms with Gasteiger partial charge < -0.3 is 10.8 Å². The Kier molecular flexibility index (Phi) is 8.24. The number of nitrogens with two attached hydrogens (primary N) is 1. The highest BCUT2D eigenvalue weighted by Crippen LogP contribution is 2.09. The lowest BCUT2D eigenvalue weighted by atomic mass is 10.1. The van der Waals surface area contributed by atoms with E-state index in [1.165, 1.54) is 9.13 Å². The van der Waals surface area contributed by atoms with E-state index in [4.69, 9.17) is 15.7 Å². The molecule has 0 aromatic heterocycles. The van der Waals surface area contributed by atoms with Gasteiger partial charge in [-0.25, -0.2) is 5.48 Å². The Bertz CT molecular complexity index is 465. The van der Waals surface area contributed by atoms with Crippen molar-refractivity contribution in [3.63, 3.8) is 0 Å². The minimum atomic E-state index is -1.08. The van der Waals surface area contributed by atoms with E-state index in [9.17, 15) is 9.59 Å². The van der Waals surface area contributed by atoms with Gasteiger partial charge in [-0.15, -0.1) is 0 Å². The molecule has 1 unspecified atom stereocenters. The Hall–Kier alpha value is -1.19. The third kappa shape index (κ3) is 7.98. The summed E-state index contributed by atoms with van der Waals surface area (Å²) in [5.74, 6) is -1.30. The lowest BCUT2D eigenvalue weighted by molar-refractivity contribution is -0.139. The van der Waals surface area contributed by atoms with Crippen molar-refractivity contribution in [2.45, 2.75) is 31.7 Å². The van der Waals surface area contributed by atoms with Gasteiger partial charge in [-0.2, -0.15) is 0 Å². The summed E-state index contributed by atoms with van der Waals surface area (Å²) < 4.78 is 1.18. The van der Waals surface area contributed by atoms with Crippen LogP contribution >= 0.6 is 22.6 Å². The number of carbonyl (C=O) groups is 2. The molecular formula is C14H19IN2O4. The minimum Gasteiger partial charge on any atom is -0.480 e. The Morgan fingerprint density at radius 1 is 1.33 bits per heavy atom. The maximum atomic E-state index is 11.5.